The van der Waals surface area contributed by atoms with Crippen LogP contribution >= 0.6 is 11.3 Å². The van der Waals surface area contributed by atoms with Gasteiger partial charge in [0, 0.05) is 25.5 Å². The lowest BCUT2D eigenvalue weighted by Crippen LogP contribution is -2.15. The zero-order chi connectivity index (χ0) is 14.5. The van der Waals surface area contributed by atoms with Gasteiger partial charge in [-0.05, 0) is 6.42 Å². The molecule has 0 atom stereocenters. The third kappa shape index (κ3) is 2.89. The molecule has 0 radical (unpaired) electrons. The summed E-state index contributed by atoms with van der Waals surface area (Å²) in [5.41, 5.74) is 11.4. The van der Waals surface area contributed by atoms with Crippen molar-refractivity contribution in [2.75, 3.05) is 17.6 Å². The van der Waals surface area contributed by atoms with Gasteiger partial charge in [-0.1, -0.05) is 0 Å². The number of imidazole rings is 1. The molecule has 0 bridgehead atoms. The smallest absolute Gasteiger partial charge is 0.253 e. The van der Waals surface area contributed by atoms with Crippen LogP contribution in [-0.2, 0) is 6.54 Å². The van der Waals surface area contributed by atoms with Crippen LogP contribution in [0.5, 0.6) is 0 Å². The minimum atomic E-state index is -0.627. The predicted molar refractivity (Wildman–Crippen MR) is 77.3 cm³/mol. The van der Waals surface area contributed by atoms with Crippen LogP contribution in [0.3, 0.4) is 0 Å². The maximum atomic E-state index is 11.4. The number of amides is 1. The van der Waals surface area contributed by atoms with Gasteiger partial charge in [-0.2, -0.15) is 5.26 Å². The molecule has 2 aromatic heterocycles. The number of carbonyl (C=O) groups is 1. The first kappa shape index (κ1) is 13.9. The van der Waals surface area contributed by atoms with Crippen molar-refractivity contribution in [3.63, 3.8) is 0 Å². The summed E-state index contributed by atoms with van der Waals surface area (Å²) in [4.78, 5) is 15.6. The minimum Gasteiger partial charge on any atom is -0.396 e. The standard InChI is InChI=1S/C12H14N6OS/c13-6-8-10(14)9(11(15)19)12(20-8)17-2-1-4-18-5-3-16-7-18/h3,5,7,17H,1-2,4,14H2,(H2,15,19). The van der Waals surface area contributed by atoms with Crippen LogP contribution in [0, 0.1) is 11.3 Å². The van der Waals surface area contributed by atoms with E-state index < -0.39 is 5.91 Å². The van der Waals surface area contributed by atoms with Crippen molar-refractivity contribution in [2.45, 2.75) is 13.0 Å². The van der Waals surface area contributed by atoms with Crippen LogP contribution in [-0.4, -0.2) is 22.0 Å². The van der Waals surface area contributed by atoms with Gasteiger partial charge in [0.15, 0.2) is 0 Å². The Morgan fingerprint density at radius 3 is 3.00 bits per heavy atom. The Labute approximate surface area is 119 Å². The molecule has 0 spiro atoms. The number of hydrogen-bond donors (Lipinski definition) is 3. The molecule has 2 rings (SSSR count). The molecular weight excluding hydrogens is 276 g/mol. The lowest BCUT2D eigenvalue weighted by atomic mass is 10.2. The molecule has 7 nitrogen and oxygen atoms in total. The van der Waals surface area contributed by atoms with Crippen molar-refractivity contribution < 1.29 is 4.79 Å². The molecule has 8 heteroatoms. The lowest BCUT2D eigenvalue weighted by molar-refractivity contribution is 0.100. The van der Waals surface area contributed by atoms with Crippen LogP contribution in [0.15, 0.2) is 18.7 Å². The molecule has 0 aromatic carbocycles. The van der Waals surface area contributed by atoms with Crippen molar-refractivity contribution in [1.82, 2.24) is 9.55 Å². The fourth-order valence-corrected chi connectivity index (χ4v) is 2.73. The fourth-order valence-electron chi connectivity index (χ4n) is 1.78. The molecule has 104 valence electrons. The lowest BCUT2D eigenvalue weighted by Gasteiger charge is -2.06. The van der Waals surface area contributed by atoms with Crippen molar-refractivity contribution >= 4 is 27.9 Å². The van der Waals surface area contributed by atoms with E-state index in [0.717, 1.165) is 24.3 Å². The second-order valence-corrected chi connectivity index (χ2v) is 5.13. The molecule has 0 aliphatic carbocycles. The van der Waals surface area contributed by atoms with E-state index in [4.69, 9.17) is 16.7 Å². The average molecular weight is 290 g/mol. The summed E-state index contributed by atoms with van der Waals surface area (Å²) in [6.45, 7) is 1.45. The molecular formula is C12H14N6OS. The van der Waals surface area contributed by atoms with Crippen molar-refractivity contribution in [2.24, 2.45) is 5.73 Å². The van der Waals surface area contributed by atoms with Crippen LogP contribution in [0.4, 0.5) is 10.7 Å². The van der Waals surface area contributed by atoms with Gasteiger partial charge in [0.1, 0.15) is 15.9 Å². The van der Waals surface area contributed by atoms with Crippen LogP contribution < -0.4 is 16.8 Å². The van der Waals surface area contributed by atoms with Crippen molar-refractivity contribution in [3.8, 4) is 6.07 Å². The number of anilines is 2. The highest BCUT2D eigenvalue weighted by Gasteiger charge is 2.19. The number of nitrogen functional groups attached to an aromatic ring is 1. The number of nitrogens with one attached hydrogen (secondary N) is 1. The SMILES string of the molecule is N#Cc1sc(NCCCn2ccnc2)c(C(N)=O)c1N. The van der Waals surface area contributed by atoms with Gasteiger partial charge in [-0.25, -0.2) is 4.98 Å². The zero-order valence-electron chi connectivity index (χ0n) is 10.7. The summed E-state index contributed by atoms with van der Waals surface area (Å²) >= 11 is 1.15. The summed E-state index contributed by atoms with van der Waals surface area (Å²) in [7, 11) is 0. The molecule has 1 amide bonds. The molecule has 0 fully saturated rings. The number of nitrogens with zero attached hydrogens (tertiary/aromatic N) is 3. The first-order valence-corrected chi connectivity index (χ1v) is 6.77. The average Bonchev–Trinajstić information content (AvgIpc) is 3.02. The Morgan fingerprint density at radius 1 is 1.60 bits per heavy atom. The normalized spacial score (nSPS) is 10.2. The summed E-state index contributed by atoms with van der Waals surface area (Å²) in [5.74, 6) is -0.627. The largest absolute Gasteiger partial charge is 0.396 e. The summed E-state index contributed by atoms with van der Waals surface area (Å²) in [6, 6.07) is 1.96. The molecule has 0 unspecified atom stereocenters. The van der Waals surface area contributed by atoms with Gasteiger partial charge in [-0.15, -0.1) is 11.3 Å². The number of hydrogen-bond acceptors (Lipinski definition) is 6. The Kier molecular flexibility index (Phi) is 4.22. The third-order valence-electron chi connectivity index (χ3n) is 2.73. The highest BCUT2D eigenvalue weighted by Crippen LogP contribution is 2.34. The topological polar surface area (TPSA) is 123 Å². The van der Waals surface area contributed by atoms with Crippen molar-refractivity contribution in [1.29, 1.82) is 5.26 Å². The van der Waals surface area contributed by atoms with E-state index in [0.29, 0.717) is 16.4 Å². The minimum absolute atomic E-state index is 0.155. The first-order chi connectivity index (χ1) is 9.63. The molecule has 0 saturated carbocycles. The molecule has 0 aliphatic heterocycles. The monoisotopic (exact) mass is 290 g/mol. The number of aromatic nitrogens is 2. The Balaban J connectivity index is 1.99. The van der Waals surface area contributed by atoms with Crippen molar-refractivity contribution in [3.05, 3.63) is 29.2 Å². The number of nitrogens with two attached hydrogens (primary N) is 2. The Morgan fingerprint density at radius 2 is 2.40 bits per heavy atom. The third-order valence-corrected chi connectivity index (χ3v) is 3.80. The van der Waals surface area contributed by atoms with Gasteiger partial charge in [0.05, 0.1) is 17.6 Å². The number of carbonyl (C=O) groups excluding carboxylic acids is 1. The maximum Gasteiger partial charge on any atom is 0.253 e. The Bertz CT molecular complexity index is 640. The van der Waals surface area contributed by atoms with Gasteiger partial charge >= 0.3 is 0 Å². The van der Waals surface area contributed by atoms with Crippen LogP contribution in [0.2, 0.25) is 0 Å². The second kappa shape index (κ2) is 6.08. The van der Waals surface area contributed by atoms with E-state index in [2.05, 4.69) is 10.3 Å². The summed E-state index contributed by atoms with van der Waals surface area (Å²) < 4.78 is 1.96. The number of rotatable bonds is 6. The summed E-state index contributed by atoms with van der Waals surface area (Å²) in [5, 5.41) is 12.6. The van der Waals surface area contributed by atoms with Gasteiger partial charge in [0.25, 0.3) is 5.91 Å². The predicted octanol–water partition coefficient (Wildman–Crippen LogP) is 1.000. The molecule has 0 saturated heterocycles. The summed E-state index contributed by atoms with van der Waals surface area (Å²) in [6.07, 6.45) is 6.18. The van der Waals surface area contributed by atoms with E-state index in [1.807, 2.05) is 16.8 Å². The van der Waals surface area contributed by atoms with E-state index in [1.165, 1.54) is 0 Å². The molecule has 2 heterocycles. The van der Waals surface area contributed by atoms with Gasteiger partial charge in [0.2, 0.25) is 0 Å². The number of nitriles is 1. The van der Waals surface area contributed by atoms with Gasteiger partial charge < -0.3 is 21.4 Å². The van der Waals surface area contributed by atoms with Crippen LogP contribution in [0.1, 0.15) is 21.7 Å². The van der Waals surface area contributed by atoms with E-state index in [-0.39, 0.29) is 11.3 Å². The second-order valence-electron chi connectivity index (χ2n) is 4.11. The highest BCUT2D eigenvalue weighted by atomic mass is 32.1. The van der Waals surface area contributed by atoms with E-state index in [9.17, 15) is 4.79 Å². The molecule has 0 aliphatic rings. The fraction of sp³-hybridized carbons (Fsp3) is 0.250. The van der Waals surface area contributed by atoms with Gasteiger partial charge in [-0.3, -0.25) is 4.79 Å². The molecule has 20 heavy (non-hydrogen) atoms. The molecule has 5 N–H and O–H groups in total. The van der Waals surface area contributed by atoms with E-state index >= 15 is 0 Å². The van der Waals surface area contributed by atoms with Crippen LogP contribution in [0.25, 0.3) is 0 Å². The van der Waals surface area contributed by atoms with E-state index in [1.54, 1.807) is 12.5 Å². The highest BCUT2D eigenvalue weighted by molar-refractivity contribution is 7.17. The quantitative estimate of drug-likeness (QED) is 0.685. The molecule has 2 aromatic rings. The first-order valence-electron chi connectivity index (χ1n) is 5.95. The number of thiophene rings is 1. The maximum absolute atomic E-state index is 11.4. The zero-order valence-corrected chi connectivity index (χ0v) is 11.5. The number of aryl methyl sites for hydroxylation is 1. The Hall–Kier alpha value is -2.53. The number of primary amides is 1.